The standard InChI is InChI=1S/C13H24N2O3/c1-12(2,14)11(18)15-9-13(8-10(16)17)6-4-3-5-7-13/h3-9,14H2,1-2H3,(H,15,18)(H,16,17). The van der Waals surface area contributed by atoms with E-state index < -0.39 is 11.5 Å². The minimum absolute atomic E-state index is 0.123. The van der Waals surface area contributed by atoms with Gasteiger partial charge >= 0.3 is 5.97 Å². The van der Waals surface area contributed by atoms with Crippen LogP contribution in [0.4, 0.5) is 0 Å². The summed E-state index contributed by atoms with van der Waals surface area (Å²) in [4.78, 5) is 22.7. The number of nitrogens with two attached hydrogens (primary N) is 1. The Hall–Kier alpha value is -1.10. The SMILES string of the molecule is CC(C)(N)C(=O)NCC1(CC(=O)O)CCCCC1. The third-order valence-corrected chi connectivity index (χ3v) is 3.65. The molecule has 1 aliphatic carbocycles. The lowest BCUT2D eigenvalue weighted by Gasteiger charge is -2.37. The normalized spacial score (nSPS) is 19.3. The molecule has 0 heterocycles. The summed E-state index contributed by atoms with van der Waals surface area (Å²) in [6, 6.07) is 0. The van der Waals surface area contributed by atoms with E-state index >= 15 is 0 Å². The van der Waals surface area contributed by atoms with E-state index in [0.29, 0.717) is 6.54 Å². The number of rotatable bonds is 5. The van der Waals surface area contributed by atoms with Crippen molar-refractivity contribution < 1.29 is 14.7 Å². The fourth-order valence-electron chi connectivity index (χ4n) is 2.53. The number of carbonyl (C=O) groups excluding carboxylic acids is 1. The molecule has 0 bridgehead atoms. The molecular weight excluding hydrogens is 232 g/mol. The second-order valence-corrected chi connectivity index (χ2v) is 6.04. The molecule has 0 spiro atoms. The van der Waals surface area contributed by atoms with Crippen LogP contribution in [0.25, 0.3) is 0 Å². The Labute approximate surface area is 108 Å². The van der Waals surface area contributed by atoms with Gasteiger partial charge in [0.25, 0.3) is 0 Å². The summed E-state index contributed by atoms with van der Waals surface area (Å²) in [7, 11) is 0. The molecule has 1 fully saturated rings. The Morgan fingerprint density at radius 1 is 1.28 bits per heavy atom. The van der Waals surface area contributed by atoms with Crippen LogP contribution in [0.3, 0.4) is 0 Å². The first-order valence-corrected chi connectivity index (χ1v) is 6.54. The zero-order valence-corrected chi connectivity index (χ0v) is 11.3. The van der Waals surface area contributed by atoms with Gasteiger partial charge in [0.05, 0.1) is 12.0 Å². The number of carbonyl (C=O) groups is 2. The molecule has 1 rings (SSSR count). The molecule has 0 aromatic heterocycles. The van der Waals surface area contributed by atoms with Crippen molar-refractivity contribution in [2.75, 3.05) is 6.54 Å². The van der Waals surface area contributed by atoms with Gasteiger partial charge in [-0.25, -0.2) is 0 Å². The first-order valence-electron chi connectivity index (χ1n) is 6.54. The second-order valence-electron chi connectivity index (χ2n) is 6.04. The quantitative estimate of drug-likeness (QED) is 0.690. The summed E-state index contributed by atoms with van der Waals surface area (Å²) in [5, 5.41) is 11.8. The maximum absolute atomic E-state index is 11.8. The van der Waals surface area contributed by atoms with Crippen LogP contribution in [0.2, 0.25) is 0 Å². The van der Waals surface area contributed by atoms with Gasteiger partial charge < -0.3 is 16.2 Å². The first-order chi connectivity index (χ1) is 8.25. The lowest BCUT2D eigenvalue weighted by Crippen LogP contribution is -2.52. The van der Waals surface area contributed by atoms with E-state index in [2.05, 4.69) is 5.32 Å². The summed E-state index contributed by atoms with van der Waals surface area (Å²) in [6.45, 7) is 3.71. The Bertz CT molecular complexity index is 315. The molecule has 0 radical (unpaired) electrons. The molecule has 0 saturated heterocycles. The molecule has 0 aromatic rings. The van der Waals surface area contributed by atoms with Crippen molar-refractivity contribution >= 4 is 11.9 Å². The maximum atomic E-state index is 11.8. The van der Waals surface area contributed by atoms with Gasteiger partial charge in [-0.3, -0.25) is 9.59 Å². The van der Waals surface area contributed by atoms with Crippen LogP contribution in [0.15, 0.2) is 0 Å². The largest absolute Gasteiger partial charge is 0.481 e. The highest BCUT2D eigenvalue weighted by Gasteiger charge is 2.35. The molecule has 5 heteroatoms. The van der Waals surface area contributed by atoms with Gasteiger partial charge in [-0.2, -0.15) is 0 Å². The van der Waals surface area contributed by atoms with Gasteiger partial charge in [-0.15, -0.1) is 0 Å². The number of hydrogen-bond acceptors (Lipinski definition) is 3. The van der Waals surface area contributed by atoms with Crippen LogP contribution in [-0.2, 0) is 9.59 Å². The van der Waals surface area contributed by atoms with Crippen LogP contribution >= 0.6 is 0 Å². The number of hydrogen-bond donors (Lipinski definition) is 3. The summed E-state index contributed by atoms with van der Waals surface area (Å²) in [6.07, 6.45) is 5.08. The highest BCUT2D eigenvalue weighted by molar-refractivity contribution is 5.85. The molecule has 1 amide bonds. The molecule has 18 heavy (non-hydrogen) atoms. The highest BCUT2D eigenvalue weighted by Crippen LogP contribution is 2.38. The molecule has 104 valence electrons. The van der Waals surface area contributed by atoms with Crippen molar-refractivity contribution in [1.29, 1.82) is 0 Å². The lowest BCUT2D eigenvalue weighted by atomic mass is 9.71. The fraction of sp³-hybridized carbons (Fsp3) is 0.846. The zero-order valence-electron chi connectivity index (χ0n) is 11.3. The van der Waals surface area contributed by atoms with Gasteiger partial charge in [0.15, 0.2) is 0 Å². The molecule has 0 aliphatic heterocycles. The maximum Gasteiger partial charge on any atom is 0.303 e. The average Bonchev–Trinajstić information content (AvgIpc) is 2.25. The van der Waals surface area contributed by atoms with E-state index in [1.807, 2.05) is 0 Å². The lowest BCUT2D eigenvalue weighted by molar-refractivity contribution is -0.141. The number of amides is 1. The molecule has 1 aliphatic rings. The Kier molecular flexibility index (Phi) is 4.73. The zero-order chi connectivity index (χ0) is 13.8. The Morgan fingerprint density at radius 2 is 1.83 bits per heavy atom. The number of nitrogens with one attached hydrogen (secondary N) is 1. The van der Waals surface area contributed by atoms with Crippen LogP contribution in [0.1, 0.15) is 52.4 Å². The van der Waals surface area contributed by atoms with E-state index in [-0.39, 0.29) is 17.7 Å². The predicted octanol–water partition coefficient (Wildman–Crippen LogP) is 1.27. The van der Waals surface area contributed by atoms with Gasteiger partial charge in [0.2, 0.25) is 5.91 Å². The molecule has 0 unspecified atom stereocenters. The fourth-order valence-corrected chi connectivity index (χ4v) is 2.53. The summed E-state index contributed by atoms with van der Waals surface area (Å²) in [5.41, 5.74) is 4.51. The second kappa shape index (κ2) is 5.69. The Balaban J connectivity index is 2.62. The first kappa shape index (κ1) is 15.0. The number of carboxylic acid groups (broad SMARTS) is 1. The van der Waals surface area contributed by atoms with Crippen molar-refractivity contribution in [2.45, 2.75) is 57.9 Å². The smallest absolute Gasteiger partial charge is 0.303 e. The van der Waals surface area contributed by atoms with Crippen molar-refractivity contribution in [3.8, 4) is 0 Å². The minimum atomic E-state index is -0.918. The average molecular weight is 256 g/mol. The molecule has 5 nitrogen and oxygen atoms in total. The van der Waals surface area contributed by atoms with Crippen LogP contribution in [0.5, 0.6) is 0 Å². The summed E-state index contributed by atoms with van der Waals surface area (Å²) in [5.74, 6) is -1.02. The van der Waals surface area contributed by atoms with Crippen molar-refractivity contribution in [3.63, 3.8) is 0 Å². The van der Waals surface area contributed by atoms with E-state index in [1.54, 1.807) is 13.8 Å². The molecule has 0 atom stereocenters. The van der Waals surface area contributed by atoms with E-state index in [4.69, 9.17) is 10.8 Å². The predicted molar refractivity (Wildman–Crippen MR) is 69.0 cm³/mol. The van der Waals surface area contributed by atoms with Gasteiger partial charge in [-0.1, -0.05) is 19.3 Å². The van der Waals surface area contributed by atoms with Crippen molar-refractivity contribution in [2.24, 2.45) is 11.1 Å². The van der Waals surface area contributed by atoms with E-state index in [0.717, 1.165) is 32.1 Å². The minimum Gasteiger partial charge on any atom is -0.481 e. The molecule has 0 aromatic carbocycles. The Morgan fingerprint density at radius 3 is 2.28 bits per heavy atom. The van der Waals surface area contributed by atoms with Crippen LogP contribution < -0.4 is 11.1 Å². The topological polar surface area (TPSA) is 92.4 Å². The van der Waals surface area contributed by atoms with Crippen LogP contribution in [-0.4, -0.2) is 29.1 Å². The molecule has 4 N–H and O–H groups in total. The van der Waals surface area contributed by atoms with Gasteiger partial charge in [0, 0.05) is 6.54 Å². The monoisotopic (exact) mass is 256 g/mol. The third kappa shape index (κ3) is 4.29. The van der Waals surface area contributed by atoms with Crippen molar-refractivity contribution in [1.82, 2.24) is 5.32 Å². The van der Waals surface area contributed by atoms with Crippen LogP contribution in [0, 0.1) is 5.41 Å². The van der Waals surface area contributed by atoms with E-state index in [9.17, 15) is 9.59 Å². The number of carboxylic acids is 1. The summed E-state index contributed by atoms with van der Waals surface area (Å²) >= 11 is 0. The highest BCUT2D eigenvalue weighted by atomic mass is 16.4. The van der Waals surface area contributed by atoms with Crippen molar-refractivity contribution in [3.05, 3.63) is 0 Å². The van der Waals surface area contributed by atoms with Gasteiger partial charge in [-0.05, 0) is 32.1 Å². The van der Waals surface area contributed by atoms with E-state index in [1.165, 1.54) is 0 Å². The van der Waals surface area contributed by atoms with Gasteiger partial charge in [0.1, 0.15) is 0 Å². The summed E-state index contributed by atoms with van der Waals surface area (Å²) < 4.78 is 0. The molecular formula is C13H24N2O3. The number of aliphatic carboxylic acids is 1. The molecule has 1 saturated carbocycles. The third-order valence-electron chi connectivity index (χ3n) is 3.65.